The van der Waals surface area contributed by atoms with E-state index in [2.05, 4.69) is 15.7 Å². The molecule has 3 aromatic rings. The first-order chi connectivity index (χ1) is 11.7. The van der Waals surface area contributed by atoms with E-state index in [1.54, 1.807) is 17.5 Å². The molecule has 0 atom stereocenters. The van der Waals surface area contributed by atoms with E-state index in [-0.39, 0.29) is 5.91 Å². The fourth-order valence-electron chi connectivity index (χ4n) is 2.39. The van der Waals surface area contributed by atoms with Gasteiger partial charge in [0.25, 0.3) is 0 Å². The number of benzene rings is 1. The molecule has 0 saturated heterocycles. The maximum Gasteiger partial charge on any atom is 0.220 e. The van der Waals surface area contributed by atoms with Crippen LogP contribution in [0.4, 0.5) is 0 Å². The summed E-state index contributed by atoms with van der Waals surface area (Å²) in [5.41, 5.74) is 4.15. The van der Waals surface area contributed by atoms with Gasteiger partial charge in [-0.2, -0.15) is 11.3 Å². The number of rotatable bonds is 6. The Labute approximate surface area is 150 Å². The lowest BCUT2D eigenvalue weighted by molar-refractivity contribution is -0.121. The van der Waals surface area contributed by atoms with E-state index in [0.29, 0.717) is 24.4 Å². The third kappa shape index (κ3) is 4.66. The first kappa shape index (κ1) is 16.7. The van der Waals surface area contributed by atoms with Crippen LogP contribution in [-0.4, -0.2) is 10.9 Å². The van der Waals surface area contributed by atoms with Crippen LogP contribution in [0.5, 0.6) is 0 Å². The highest BCUT2D eigenvalue weighted by Gasteiger charge is 2.05. The van der Waals surface area contributed by atoms with Crippen molar-refractivity contribution in [1.29, 1.82) is 0 Å². The maximum atomic E-state index is 12.0. The summed E-state index contributed by atoms with van der Waals surface area (Å²) in [6.07, 6.45) is 2.91. The van der Waals surface area contributed by atoms with Crippen molar-refractivity contribution in [2.45, 2.75) is 19.4 Å². The Morgan fingerprint density at radius 3 is 2.88 bits per heavy atom. The highest BCUT2D eigenvalue weighted by Crippen LogP contribution is 2.20. The largest absolute Gasteiger partial charge is 0.352 e. The molecule has 0 bridgehead atoms. The van der Waals surface area contributed by atoms with E-state index in [1.165, 1.54) is 0 Å². The molecule has 3 nitrogen and oxygen atoms in total. The second-order valence-corrected chi connectivity index (χ2v) is 6.68. The van der Waals surface area contributed by atoms with Crippen molar-refractivity contribution < 1.29 is 4.79 Å². The average Bonchev–Trinajstić information content (AvgIpc) is 3.13. The fraction of sp³-hybridized carbons (Fsp3) is 0.158. The Hall–Kier alpha value is -2.17. The monoisotopic (exact) mass is 356 g/mol. The molecule has 0 aliphatic carbocycles. The number of thiophene rings is 1. The molecular formula is C19H17ClN2OS. The summed E-state index contributed by atoms with van der Waals surface area (Å²) in [7, 11) is 0. The molecule has 2 aromatic heterocycles. The average molecular weight is 357 g/mol. The third-order valence-corrected chi connectivity index (χ3v) is 4.58. The Bertz CT molecular complexity index is 818. The molecule has 1 N–H and O–H groups in total. The van der Waals surface area contributed by atoms with E-state index >= 15 is 0 Å². The number of pyridine rings is 1. The molecule has 0 aliphatic heterocycles. The standard InChI is InChI=1S/C19H17ClN2OS/c20-17-3-1-2-14(10-17)4-5-19(23)22-12-15-6-8-21-18(11-15)16-7-9-24-13-16/h1-3,6-11,13H,4-5,12H2,(H,22,23). The van der Waals surface area contributed by atoms with Crippen molar-refractivity contribution in [3.05, 3.63) is 75.6 Å². The van der Waals surface area contributed by atoms with Crippen molar-refractivity contribution in [2.75, 3.05) is 0 Å². The van der Waals surface area contributed by atoms with Gasteiger partial charge in [0.1, 0.15) is 0 Å². The normalized spacial score (nSPS) is 10.5. The molecule has 0 aliphatic rings. The SMILES string of the molecule is O=C(CCc1cccc(Cl)c1)NCc1ccnc(-c2ccsc2)c1. The molecule has 0 unspecified atom stereocenters. The minimum Gasteiger partial charge on any atom is -0.352 e. The Kier molecular flexibility index (Phi) is 5.62. The van der Waals surface area contributed by atoms with Crippen LogP contribution >= 0.6 is 22.9 Å². The van der Waals surface area contributed by atoms with Gasteiger partial charge >= 0.3 is 0 Å². The number of hydrogen-bond acceptors (Lipinski definition) is 3. The Morgan fingerprint density at radius 1 is 1.17 bits per heavy atom. The number of nitrogens with zero attached hydrogens (tertiary/aromatic N) is 1. The van der Waals surface area contributed by atoms with Crippen LogP contribution in [0.25, 0.3) is 11.3 Å². The highest BCUT2D eigenvalue weighted by atomic mass is 35.5. The van der Waals surface area contributed by atoms with Crippen molar-refractivity contribution in [3.63, 3.8) is 0 Å². The highest BCUT2D eigenvalue weighted by molar-refractivity contribution is 7.08. The molecule has 5 heteroatoms. The molecule has 1 aromatic carbocycles. The summed E-state index contributed by atoms with van der Waals surface area (Å²) < 4.78 is 0. The zero-order valence-corrected chi connectivity index (χ0v) is 14.6. The summed E-state index contributed by atoms with van der Waals surface area (Å²) in [6.45, 7) is 0.508. The lowest BCUT2D eigenvalue weighted by Gasteiger charge is -2.07. The first-order valence-corrected chi connectivity index (χ1v) is 9.01. The predicted octanol–water partition coefficient (Wildman–Crippen LogP) is 4.71. The first-order valence-electron chi connectivity index (χ1n) is 7.69. The molecule has 1 amide bonds. The van der Waals surface area contributed by atoms with Gasteiger partial charge in [0, 0.05) is 35.1 Å². The van der Waals surface area contributed by atoms with Crippen LogP contribution < -0.4 is 5.32 Å². The molecule has 122 valence electrons. The summed E-state index contributed by atoms with van der Waals surface area (Å²) in [6, 6.07) is 13.6. The van der Waals surface area contributed by atoms with Crippen molar-refractivity contribution in [3.8, 4) is 11.3 Å². The van der Waals surface area contributed by atoms with Crippen LogP contribution in [-0.2, 0) is 17.8 Å². The maximum absolute atomic E-state index is 12.0. The van der Waals surface area contributed by atoms with Crippen LogP contribution in [0.2, 0.25) is 5.02 Å². The second kappa shape index (κ2) is 8.08. The molecular weight excluding hydrogens is 340 g/mol. The smallest absolute Gasteiger partial charge is 0.220 e. The number of carbonyl (C=O) groups excluding carboxylic acids is 1. The van der Waals surface area contributed by atoms with Crippen molar-refractivity contribution >= 4 is 28.8 Å². The van der Waals surface area contributed by atoms with Gasteiger partial charge in [-0.25, -0.2) is 0 Å². The number of nitrogens with one attached hydrogen (secondary N) is 1. The second-order valence-electron chi connectivity index (χ2n) is 5.47. The minimum atomic E-state index is 0.0314. The van der Waals surface area contributed by atoms with Gasteiger partial charge < -0.3 is 5.32 Å². The minimum absolute atomic E-state index is 0.0314. The number of carbonyl (C=O) groups is 1. The topological polar surface area (TPSA) is 42.0 Å². The lowest BCUT2D eigenvalue weighted by Crippen LogP contribution is -2.23. The number of aryl methyl sites for hydroxylation is 1. The van der Waals surface area contributed by atoms with E-state index in [4.69, 9.17) is 11.6 Å². The van der Waals surface area contributed by atoms with E-state index in [9.17, 15) is 4.79 Å². The zero-order chi connectivity index (χ0) is 16.8. The molecule has 0 radical (unpaired) electrons. The number of aromatic nitrogens is 1. The number of hydrogen-bond donors (Lipinski definition) is 1. The Balaban J connectivity index is 1.52. The summed E-state index contributed by atoms with van der Waals surface area (Å²) >= 11 is 7.60. The quantitative estimate of drug-likeness (QED) is 0.694. The van der Waals surface area contributed by atoms with Gasteiger partial charge in [0.05, 0.1) is 5.69 Å². The third-order valence-electron chi connectivity index (χ3n) is 3.66. The molecule has 3 rings (SSSR count). The lowest BCUT2D eigenvalue weighted by atomic mass is 10.1. The molecule has 0 fully saturated rings. The van der Waals surface area contributed by atoms with E-state index in [0.717, 1.165) is 22.4 Å². The van der Waals surface area contributed by atoms with Crippen molar-refractivity contribution in [1.82, 2.24) is 10.3 Å². The van der Waals surface area contributed by atoms with Crippen molar-refractivity contribution in [2.24, 2.45) is 0 Å². The van der Waals surface area contributed by atoms with Gasteiger partial charge in [-0.15, -0.1) is 0 Å². The number of amides is 1. The van der Waals surface area contributed by atoms with Gasteiger partial charge in [0.2, 0.25) is 5.91 Å². The van der Waals surface area contributed by atoms with Gasteiger partial charge in [-0.1, -0.05) is 23.7 Å². The zero-order valence-electron chi connectivity index (χ0n) is 13.0. The van der Waals surface area contributed by atoms with Gasteiger partial charge in [-0.3, -0.25) is 9.78 Å². The molecule has 24 heavy (non-hydrogen) atoms. The van der Waals surface area contributed by atoms with E-state index in [1.807, 2.05) is 47.8 Å². The molecule has 2 heterocycles. The Morgan fingerprint density at radius 2 is 2.08 bits per heavy atom. The molecule has 0 spiro atoms. The molecule has 0 saturated carbocycles. The summed E-state index contributed by atoms with van der Waals surface area (Å²) in [5, 5.41) is 7.75. The predicted molar refractivity (Wildman–Crippen MR) is 99.2 cm³/mol. The summed E-state index contributed by atoms with van der Waals surface area (Å²) in [4.78, 5) is 16.4. The number of halogens is 1. The fourth-order valence-corrected chi connectivity index (χ4v) is 3.25. The van der Waals surface area contributed by atoms with E-state index < -0.39 is 0 Å². The van der Waals surface area contributed by atoms with Gasteiger partial charge in [0.15, 0.2) is 0 Å². The van der Waals surface area contributed by atoms with Crippen LogP contribution in [0.1, 0.15) is 17.5 Å². The van der Waals surface area contributed by atoms with Crippen LogP contribution in [0.15, 0.2) is 59.4 Å². The summed E-state index contributed by atoms with van der Waals surface area (Å²) in [5.74, 6) is 0.0314. The van der Waals surface area contributed by atoms with Gasteiger partial charge in [-0.05, 0) is 53.3 Å². The van der Waals surface area contributed by atoms with Crippen LogP contribution in [0.3, 0.4) is 0 Å². The van der Waals surface area contributed by atoms with Crippen LogP contribution in [0, 0.1) is 0 Å².